The van der Waals surface area contributed by atoms with Gasteiger partial charge in [-0.15, -0.1) is 0 Å². The number of aliphatic hydroxyl groups excluding tert-OH is 2. The molecule has 3 aromatic rings. The number of rotatable bonds is 8. The average Bonchev–Trinajstić information content (AvgIpc) is 3.59. The van der Waals surface area contributed by atoms with Gasteiger partial charge in [0.25, 0.3) is 0 Å². The Morgan fingerprint density at radius 3 is 1.43 bits per heavy atom. The monoisotopic (exact) mass is 598 g/mol. The quantitative estimate of drug-likeness (QED) is 0.168. The van der Waals surface area contributed by atoms with Gasteiger partial charge in [-0.2, -0.15) is 0 Å². The van der Waals surface area contributed by atoms with Crippen LogP contribution in [0.4, 0.5) is 0 Å². The van der Waals surface area contributed by atoms with Gasteiger partial charge in [0.1, 0.15) is 0 Å². The highest BCUT2D eigenvalue weighted by Crippen LogP contribution is 2.38. The minimum Gasteiger partial charge on any atom is -0.481 e. The zero-order valence-corrected chi connectivity index (χ0v) is 25.8. The molecule has 0 amide bonds. The zero-order valence-electron chi connectivity index (χ0n) is 25.8. The van der Waals surface area contributed by atoms with Gasteiger partial charge in [-0.25, -0.2) is 9.97 Å². The predicted molar refractivity (Wildman–Crippen MR) is 170 cm³/mol. The summed E-state index contributed by atoms with van der Waals surface area (Å²) in [7, 11) is 0. The maximum Gasteiger partial charge on any atom is 0.303 e. The van der Waals surface area contributed by atoms with Crippen LogP contribution in [0.1, 0.15) is 111 Å². The molecule has 2 aliphatic rings. The van der Waals surface area contributed by atoms with E-state index in [1.165, 1.54) is 0 Å². The molecule has 0 aromatic carbocycles. The maximum absolute atomic E-state index is 11.6. The van der Waals surface area contributed by atoms with E-state index in [1.807, 2.05) is 52.0 Å². The number of hydrogen-bond donors (Lipinski definition) is 6. The van der Waals surface area contributed by atoms with Gasteiger partial charge in [0.15, 0.2) is 0 Å². The van der Waals surface area contributed by atoms with E-state index in [1.54, 1.807) is 13.8 Å². The van der Waals surface area contributed by atoms with Crippen molar-refractivity contribution in [3.05, 3.63) is 69.3 Å². The Labute approximate surface area is 254 Å². The first-order chi connectivity index (χ1) is 20.8. The normalized spacial score (nSPS) is 14.7. The van der Waals surface area contributed by atoms with Crippen LogP contribution in [0.3, 0.4) is 0 Å². The van der Waals surface area contributed by atoms with E-state index in [0.29, 0.717) is 39.4 Å². The van der Waals surface area contributed by atoms with Gasteiger partial charge >= 0.3 is 11.9 Å². The maximum atomic E-state index is 11.6. The van der Waals surface area contributed by atoms with Crippen molar-refractivity contribution < 1.29 is 30.0 Å². The summed E-state index contributed by atoms with van der Waals surface area (Å²) in [6, 6.07) is 7.51. The van der Waals surface area contributed by atoms with E-state index in [0.717, 1.165) is 50.0 Å². The number of carbonyl (C=O) groups is 2. The number of carboxylic acids is 2. The van der Waals surface area contributed by atoms with Gasteiger partial charge in [-0.3, -0.25) is 9.59 Å². The number of nitrogens with zero attached hydrogens (tertiary/aromatic N) is 2. The number of aromatic nitrogens is 4. The van der Waals surface area contributed by atoms with Crippen LogP contribution < -0.4 is 0 Å². The fraction of sp³-hybridized carbons (Fsp3) is 0.353. The van der Waals surface area contributed by atoms with Crippen molar-refractivity contribution in [3.63, 3.8) is 0 Å². The van der Waals surface area contributed by atoms with Crippen molar-refractivity contribution in [1.82, 2.24) is 19.9 Å². The van der Waals surface area contributed by atoms with Crippen molar-refractivity contribution in [2.45, 2.75) is 79.4 Å². The fourth-order valence-electron chi connectivity index (χ4n) is 6.32. The van der Waals surface area contributed by atoms with Gasteiger partial charge < -0.3 is 30.4 Å². The number of H-pyrrole nitrogens is 2. The second-order valence-electron chi connectivity index (χ2n) is 11.7. The molecule has 0 unspecified atom stereocenters. The number of allylic oxidation sites excluding steroid dienone is 4. The van der Waals surface area contributed by atoms with Crippen LogP contribution in [-0.4, -0.2) is 52.3 Å². The number of aliphatic carboxylic acids is 2. The predicted octanol–water partition coefficient (Wildman–Crippen LogP) is 6.63. The summed E-state index contributed by atoms with van der Waals surface area (Å²) < 4.78 is 0. The molecule has 0 spiro atoms. The third-order valence-corrected chi connectivity index (χ3v) is 8.65. The van der Waals surface area contributed by atoms with Crippen LogP contribution in [0, 0.1) is 13.8 Å². The molecule has 44 heavy (non-hydrogen) atoms. The van der Waals surface area contributed by atoms with Crippen molar-refractivity contribution in [2.75, 3.05) is 0 Å². The largest absolute Gasteiger partial charge is 0.481 e. The first kappa shape index (κ1) is 30.9. The average molecular weight is 599 g/mol. The molecule has 2 aliphatic heterocycles. The lowest BCUT2D eigenvalue weighted by Crippen LogP contribution is -1.97. The molecule has 230 valence electrons. The molecule has 0 saturated carbocycles. The third kappa shape index (κ3) is 5.70. The van der Waals surface area contributed by atoms with Crippen molar-refractivity contribution in [2.24, 2.45) is 0 Å². The standard InChI is InChI=1S/C34H38N4O6/c1-15-21(7-9-31(41)42)27-14-28-22(8-10-32(43)44)16(2)24(36-28)12-29-34(20(6)40)18(4)26(38-29)13-30-33(19(5)39)17(3)25(37-30)11-23(15)35-27/h11-14,19-20,37-40H,7-10H2,1-6H3,(H,41,42)(H,43,44)/t19-,20-/m1/s1. The van der Waals surface area contributed by atoms with E-state index in [2.05, 4.69) is 9.97 Å². The Kier molecular flexibility index (Phi) is 8.33. The second kappa shape index (κ2) is 11.9. The summed E-state index contributed by atoms with van der Waals surface area (Å²) in [4.78, 5) is 39.8. The SMILES string of the molecule is CC1=C(CCC(=O)O)c2cc3nc(cc4[nH]c(cc5[nH]c(cc1n2)c(C)c5[C@@H](C)O)c(C)c4[C@@H](C)O)C(C)=C3CCC(=O)O. The minimum absolute atomic E-state index is 0.0750. The van der Waals surface area contributed by atoms with Crippen LogP contribution in [-0.2, 0) is 9.59 Å². The Morgan fingerprint density at radius 2 is 1.02 bits per heavy atom. The van der Waals surface area contributed by atoms with Gasteiger partial charge in [0.2, 0.25) is 0 Å². The summed E-state index contributed by atoms with van der Waals surface area (Å²) in [6.07, 6.45) is -1.18. The third-order valence-electron chi connectivity index (χ3n) is 8.65. The molecule has 0 saturated heterocycles. The smallest absolute Gasteiger partial charge is 0.303 e. The summed E-state index contributed by atoms with van der Waals surface area (Å²) in [5, 5.41) is 40.5. The molecule has 2 atom stereocenters. The highest BCUT2D eigenvalue weighted by atomic mass is 16.4. The number of aromatic amines is 2. The Bertz CT molecular complexity index is 1920. The Morgan fingerprint density at radius 1 is 0.636 bits per heavy atom. The molecule has 5 heterocycles. The zero-order chi connectivity index (χ0) is 32.0. The molecule has 3 aromatic heterocycles. The number of carboxylic acid groups (broad SMARTS) is 2. The Balaban J connectivity index is 1.95. The number of aliphatic hydroxyl groups is 2. The van der Waals surface area contributed by atoms with Gasteiger partial charge in [0, 0.05) is 46.0 Å². The second-order valence-corrected chi connectivity index (χ2v) is 11.7. The molecule has 0 aliphatic carbocycles. The van der Waals surface area contributed by atoms with E-state index >= 15 is 0 Å². The van der Waals surface area contributed by atoms with Gasteiger partial charge in [0.05, 0.1) is 35.0 Å². The summed E-state index contributed by atoms with van der Waals surface area (Å²) in [5.41, 5.74) is 11.7. The molecule has 8 bridgehead atoms. The highest BCUT2D eigenvalue weighted by molar-refractivity contribution is 5.96. The molecule has 0 radical (unpaired) electrons. The Hall–Kier alpha value is -4.54. The lowest BCUT2D eigenvalue weighted by Gasteiger charge is -2.05. The van der Waals surface area contributed by atoms with Crippen molar-refractivity contribution in [3.8, 4) is 0 Å². The van der Waals surface area contributed by atoms with Gasteiger partial charge in [-0.05, 0) is 112 Å². The lowest BCUT2D eigenvalue weighted by molar-refractivity contribution is -0.137. The first-order valence-corrected chi connectivity index (χ1v) is 14.7. The van der Waals surface area contributed by atoms with Crippen molar-refractivity contribution >= 4 is 56.3 Å². The topological polar surface area (TPSA) is 172 Å². The summed E-state index contributed by atoms with van der Waals surface area (Å²) in [5.74, 6) is -1.84. The molecular weight excluding hydrogens is 560 g/mol. The van der Waals surface area contributed by atoms with Crippen molar-refractivity contribution in [1.29, 1.82) is 0 Å². The number of hydrogen-bond acceptors (Lipinski definition) is 6. The van der Waals surface area contributed by atoms with Gasteiger partial charge in [-0.1, -0.05) is 0 Å². The molecule has 6 N–H and O–H groups in total. The summed E-state index contributed by atoms with van der Waals surface area (Å²) >= 11 is 0. The molecular formula is C34H38N4O6. The lowest BCUT2D eigenvalue weighted by atomic mass is 9.98. The molecule has 5 rings (SSSR count). The van der Waals surface area contributed by atoms with Crippen LogP contribution in [0.2, 0.25) is 0 Å². The van der Waals surface area contributed by atoms with Crippen LogP contribution in [0.5, 0.6) is 0 Å². The van der Waals surface area contributed by atoms with E-state index in [4.69, 9.17) is 9.97 Å². The summed E-state index contributed by atoms with van der Waals surface area (Å²) in [6.45, 7) is 11.1. The number of fused-ring (bicyclic) bond motifs is 8. The minimum atomic E-state index is -0.921. The van der Waals surface area contributed by atoms with E-state index in [-0.39, 0.29) is 25.7 Å². The van der Waals surface area contributed by atoms with E-state index < -0.39 is 24.1 Å². The van der Waals surface area contributed by atoms with Crippen LogP contribution >= 0.6 is 0 Å². The molecule has 0 fully saturated rings. The van der Waals surface area contributed by atoms with Crippen LogP contribution in [0.15, 0.2) is 24.3 Å². The van der Waals surface area contributed by atoms with E-state index in [9.17, 15) is 30.0 Å². The number of aryl methyl sites for hydroxylation is 2. The fourth-order valence-corrected chi connectivity index (χ4v) is 6.32. The highest BCUT2D eigenvalue weighted by Gasteiger charge is 2.23. The number of nitrogens with one attached hydrogen (secondary N) is 2. The molecule has 10 heteroatoms. The van der Waals surface area contributed by atoms with Crippen LogP contribution in [0.25, 0.3) is 44.4 Å². The molecule has 10 nitrogen and oxygen atoms in total. The first-order valence-electron chi connectivity index (χ1n) is 14.7.